The number of carbonyl (C=O) groups is 1. The second kappa shape index (κ2) is 4.87. The Morgan fingerprint density at radius 3 is 2.47 bits per heavy atom. The van der Waals surface area contributed by atoms with Gasteiger partial charge in [0.2, 0.25) is 5.76 Å². The molecule has 0 atom stereocenters. The molecule has 17 heavy (non-hydrogen) atoms. The molecule has 0 N–H and O–H groups in total. The Bertz CT molecular complexity index is 509. The normalized spacial score (nSPS) is 10.2. The highest BCUT2D eigenvalue weighted by atomic mass is 16.5. The zero-order valence-corrected chi connectivity index (χ0v) is 9.90. The SMILES string of the molecule is CCc1ccc(-c2ccc(C(=O)OC)o2)cc1. The van der Waals surface area contributed by atoms with E-state index in [1.165, 1.54) is 12.7 Å². The number of methoxy groups -OCH3 is 1. The van der Waals surface area contributed by atoms with Gasteiger partial charge in [0.05, 0.1) is 7.11 Å². The summed E-state index contributed by atoms with van der Waals surface area (Å²) in [7, 11) is 1.33. The summed E-state index contributed by atoms with van der Waals surface area (Å²) >= 11 is 0. The third-order valence-electron chi connectivity index (χ3n) is 2.64. The van der Waals surface area contributed by atoms with Crippen molar-refractivity contribution in [3.8, 4) is 11.3 Å². The number of carbonyl (C=O) groups excluding carboxylic acids is 1. The van der Waals surface area contributed by atoms with Crippen LogP contribution >= 0.6 is 0 Å². The van der Waals surface area contributed by atoms with Gasteiger partial charge in [0.15, 0.2) is 0 Å². The molecule has 1 heterocycles. The molecule has 0 radical (unpaired) electrons. The summed E-state index contributed by atoms with van der Waals surface area (Å²) < 4.78 is 10.0. The number of furan rings is 1. The predicted molar refractivity (Wildman–Crippen MR) is 64.9 cm³/mol. The molecule has 88 valence electrons. The number of benzene rings is 1. The van der Waals surface area contributed by atoms with E-state index in [2.05, 4.69) is 23.8 Å². The quantitative estimate of drug-likeness (QED) is 0.759. The number of esters is 1. The molecule has 1 aromatic carbocycles. The fraction of sp³-hybridized carbons (Fsp3) is 0.214. The minimum absolute atomic E-state index is 0.224. The molecule has 0 unspecified atom stereocenters. The van der Waals surface area contributed by atoms with Crippen molar-refractivity contribution in [2.24, 2.45) is 0 Å². The summed E-state index contributed by atoms with van der Waals surface area (Å²) in [5, 5.41) is 0. The summed E-state index contributed by atoms with van der Waals surface area (Å²) in [6.45, 7) is 2.11. The molecule has 2 aromatic rings. The molecule has 0 aliphatic carbocycles. The first kappa shape index (κ1) is 11.5. The third-order valence-corrected chi connectivity index (χ3v) is 2.64. The molecule has 0 aliphatic rings. The second-order valence-electron chi connectivity index (χ2n) is 3.71. The standard InChI is InChI=1S/C14H14O3/c1-3-10-4-6-11(7-5-10)12-8-9-13(17-12)14(15)16-2/h4-9H,3H2,1-2H3. The van der Waals surface area contributed by atoms with Crippen LogP contribution < -0.4 is 0 Å². The van der Waals surface area contributed by atoms with Gasteiger partial charge in [0.25, 0.3) is 0 Å². The van der Waals surface area contributed by atoms with Gasteiger partial charge in [0.1, 0.15) is 5.76 Å². The van der Waals surface area contributed by atoms with E-state index in [4.69, 9.17) is 4.42 Å². The highest BCUT2D eigenvalue weighted by Crippen LogP contribution is 2.23. The van der Waals surface area contributed by atoms with Gasteiger partial charge < -0.3 is 9.15 Å². The van der Waals surface area contributed by atoms with Crippen LogP contribution in [0.15, 0.2) is 40.8 Å². The Morgan fingerprint density at radius 2 is 1.88 bits per heavy atom. The molecule has 3 nitrogen and oxygen atoms in total. The zero-order chi connectivity index (χ0) is 12.3. The van der Waals surface area contributed by atoms with Crippen LogP contribution in [-0.4, -0.2) is 13.1 Å². The first-order chi connectivity index (χ1) is 8.24. The van der Waals surface area contributed by atoms with Crippen LogP contribution in [0.1, 0.15) is 23.0 Å². The van der Waals surface area contributed by atoms with Crippen molar-refractivity contribution in [2.75, 3.05) is 7.11 Å². The maximum absolute atomic E-state index is 11.2. The van der Waals surface area contributed by atoms with Crippen LogP contribution in [0, 0.1) is 0 Å². The van der Waals surface area contributed by atoms with E-state index in [0.717, 1.165) is 12.0 Å². The lowest BCUT2D eigenvalue weighted by Gasteiger charge is -1.99. The van der Waals surface area contributed by atoms with E-state index >= 15 is 0 Å². The fourth-order valence-electron chi connectivity index (χ4n) is 1.61. The van der Waals surface area contributed by atoms with E-state index < -0.39 is 5.97 Å². The van der Waals surface area contributed by atoms with Gasteiger partial charge in [-0.25, -0.2) is 4.79 Å². The van der Waals surface area contributed by atoms with Crippen LogP contribution in [0.4, 0.5) is 0 Å². The topological polar surface area (TPSA) is 39.4 Å². The van der Waals surface area contributed by atoms with Crippen molar-refractivity contribution in [1.29, 1.82) is 0 Å². The number of ether oxygens (including phenoxy) is 1. The molecule has 0 spiro atoms. The van der Waals surface area contributed by atoms with Gasteiger partial charge in [-0.1, -0.05) is 31.2 Å². The fourth-order valence-corrected chi connectivity index (χ4v) is 1.61. The van der Waals surface area contributed by atoms with Gasteiger partial charge in [0, 0.05) is 5.56 Å². The molecule has 0 aliphatic heterocycles. The average molecular weight is 230 g/mol. The highest BCUT2D eigenvalue weighted by Gasteiger charge is 2.11. The maximum atomic E-state index is 11.2. The summed E-state index contributed by atoms with van der Waals surface area (Å²) in [4.78, 5) is 11.2. The molecule has 0 saturated carbocycles. The summed E-state index contributed by atoms with van der Waals surface area (Å²) in [5.74, 6) is 0.441. The molecule has 0 fully saturated rings. The molecule has 0 saturated heterocycles. The zero-order valence-electron chi connectivity index (χ0n) is 9.90. The minimum atomic E-state index is -0.457. The number of hydrogen-bond acceptors (Lipinski definition) is 3. The van der Waals surface area contributed by atoms with Crippen molar-refractivity contribution in [2.45, 2.75) is 13.3 Å². The lowest BCUT2D eigenvalue weighted by atomic mass is 10.1. The molecule has 2 rings (SSSR count). The monoisotopic (exact) mass is 230 g/mol. The van der Waals surface area contributed by atoms with E-state index in [0.29, 0.717) is 5.76 Å². The van der Waals surface area contributed by atoms with Crippen LogP contribution in [0.2, 0.25) is 0 Å². The van der Waals surface area contributed by atoms with E-state index in [1.807, 2.05) is 12.1 Å². The smallest absolute Gasteiger partial charge is 0.373 e. The molecular weight excluding hydrogens is 216 g/mol. The van der Waals surface area contributed by atoms with Crippen LogP contribution in [0.25, 0.3) is 11.3 Å². The van der Waals surface area contributed by atoms with Gasteiger partial charge in [-0.2, -0.15) is 0 Å². The van der Waals surface area contributed by atoms with Crippen molar-refractivity contribution >= 4 is 5.97 Å². The predicted octanol–water partition coefficient (Wildman–Crippen LogP) is 3.30. The van der Waals surface area contributed by atoms with Gasteiger partial charge in [-0.05, 0) is 24.1 Å². The molecule has 0 bridgehead atoms. The summed E-state index contributed by atoms with van der Waals surface area (Å²) in [6.07, 6.45) is 1.01. The third kappa shape index (κ3) is 2.38. The summed E-state index contributed by atoms with van der Waals surface area (Å²) in [6, 6.07) is 11.5. The Balaban J connectivity index is 2.27. The molecule has 1 aromatic heterocycles. The van der Waals surface area contributed by atoms with Crippen molar-refractivity contribution in [1.82, 2.24) is 0 Å². The lowest BCUT2D eigenvalue weighted by Crippen LogP contribution is -1.98. The summed E-state index contributed by atoms with van der Waals surface area (Å²) in [5.41, 5.74) is 2.23. The van der Waals surface area contributed by atoms with Crippen molar-refractivity contribution in [3.63, 3.8) is 0 Å². The van der Waals surface area contributed by atoms with Crippen LogP contribution in [0.3, 0.4) is 0 Å². The van der Waals surface area contributed by atoms with Crippen LogP contribution in [0.5, 0.6) is 0 Å². The maximum Gasteiger partial charge on any atom is 0.373 e. The van der Waals surface area contributed by atoms with E-state index in [1.54, 1.807) is 12.1 Å². The minimum Gasteiger partial charge on any atom is -0.463 e. The van der Waals surface area contributed by atoms with Crippen molar-refractivity contribution in [3.05, 3.63) is 47.7 Å². The number of aryl methyl sites for hydroxylation is 1. The van der Waals surface area contributed by atoms with Gasteiger partial charge >= 0.3 is 5.97 Å². The Labute approximate surface area is 100 Å². The van der Waals surface area contributed by atoms with E-state index in [9.17, 15) is 4.79 Å². The Morgan fingerprint density at radius 1 is 1.18 bits per heavy atom. The first-order valence-corrected chi connectivity index (χ1v) is 5.52. The molecular formula is C14H14O3. The molecule has 3 heteroatoms. The average Bonchev–Trinajstić information content (AvgIpc) is 2.87. The van der Waals surface area contributed by atoms with Gasteiger partial charge in [-0.15, -0.1) is 0 Å². The van der Waals surface area contributed by atoms with Gasteiger partial charge in [-0.3, -0.25) is 0 Å². The Kier molecular flexibility index (Phi) is 3.28. The second-order valence-corrected chi connectivity index (χ2v) is 3.71. The number of hydrogen-bond donors (Lipinski definition) is 0. The van der Waals surface area contributed by atoms with Crippen LogP contribution in [-0.2, 0) is 11.2 Å². The van der Waals surface area contributed by atoms with E-state index in [-0.39, 0.29) is 5.76 Å². The number of rotatable bonds is 3. The first-order valence-electron chi connectivity index (χ1n) is 5.52. The molecule has 0 amide bonds. The Hall–Kier alpha value is -2.03. The largest absolute Gasteiger partial charge is 0.463 e. The highest BCUT2D eigenvalue weighted by molar-refractivity contribution is 5.87. The lowest BCUT2D eigenvalue weighted by molar-refractivity contribution is 0.0566. The van der Waals surface area contributed by atoms with Crippen molar-refractivity contribution < 1.29 is 13.9 Å².